The minimum Gasteiger partial charge on any atom is -0.378 e. The average molecular weight is 308 g/mol. The molecular weight excluding hydrogens is 288 g/mol. The van der Waals surface area contributed by atoms with E-state index in [-0.39, 0.29) is 5.91 Å². The van der Waals surface area contributed by atoms with Crippen LogP contribution in [0.15, 0.2) is 42.5 Å². The maximum absolute atomic E-state index is 12.4. The van der Waals surface area contributed by atoms with E-state index in [1.807, 2.05) is 62.3 Å². The summed E-state index contributed by atoms with van der Waals surface area (Å²) < 4.78 is 0. The molecule has 5 nitrogen and oxygen atoms in total. The molecule has 0 aliphatic carbocycles. The van der Waals surface area contributed by atoms with Crippen molar-refractivity contribution in [2.24, 2.45) is 0 Å². The summed E-state index contributed by atoms with van der Waals surface area (Å²) >= 11 is 0. The molecule has 1 heterocycles. The Hall–Kier alpha value is -2.82. The molecule has 0 saturated carbocycles. The molecule has 2 aromatic carbocycles. The Balaban J connectivity index is 1.79. The van der Waals surface area contributed by atoms with Crippen molar-refractivity contribution in [3.05, 3.63) is 53.9 Å². The number of carbonyl (C=O) groups excluding carboxylic acids is 1. The number of carbonyl (C=O) groups is 1. The van der Waals surface area contributed by atoms with Gasteiger partial charge >= 0.3 is 0 Å². The first-order valence-electron chi connectivity index (χ1n) is 7.64. The summed E-state index contributed by atoms with van der Waals surface area (Å²) in [6.45, 7) is 2.04. The summed E-state index contributed by atoms with van der Waals surface area (Å²) in [5.41, 5.74) is 4.25. The molecule has 0 fully saturated rings. The number of hydrogen-bond acceptors (Lipinski definition) is 3. The Morgan fingerprint density at radius 2 is 1.91 bits per heavy atom. The van der Waals surface area contributed by atoms with Crippen LogP contribution >= 0.6 is 0 Å². The maximum atomic E-state index is 12.4. The van der Waals surface area contributed by atoms with E-state index in [9.17, 15) is 4.79 Å². The Morgan fingerprint density at radius 3 is 2.57 bits per heavy atom. The van der Waals surface area contributed by atoms with Gasteiger partial charge in [-0.15, -0.1) is 0 Å². The molecule has 0 unspecified atom stereocenters. The molecule has 23 heavy (non-hydrogen) atoms. The molecule has 0 bridgehead atoms. The summed E-state index contributed by atoms with van der Waals surface area (Å²) in [7, 11) is 3.97. The quantitative estimate of drug-likeness (QED) is 0.776. The molecule has 0 radical (unpaired) electrons. The van der Waals surface area contributed by atoms with E-state index < -0.39 is 0 Å². The van der Waals surface area contributed by atoms with Crippen molar-refractivity contribution in [3.8, 4) is 0 Å². The molecule has 0 aliphatic rings. The zero-order valence-corrected chi connectivity index (χ0v) is 13.6. The second kappa shape index (κ2) is 6.12. The largest absolute Gasteiger partial charge is 0.378 e. The lowest BCUT2D eigenvalue weighted by Crippen LogP contribution is -2.12. The SMILES string of the molecule is CCc1nc2ccc(C(=O)Nc3ccc(N(C)C)cc3)cc2[nH]1. The third-order valence-corrected chi connectivity index (χ3v) is 3.77. The predicted molar refractivity (Wildman–Crippen MR) is 94.2 cm³/mol. The topological polar surface area (TPSA) is 61.0 Å². The van der Waals surface area contributed by atoms with Crippen LogP contribution in [0.1, 0.15) is 23.1 Å². The lowest BCUT2D eigenvalue weighted by atomic mass is 10.2. The third-order valence-electron chi connectivity index (χ3n) is 3.77. The number of nitrogens with one attached hydrogen (secondary N) is 2. The van der Waals surface area contributed by atoms with Gasteiger partial charge in [0.1, 0.15) is 5.82 Å². The number of benzene rings is 2. The van der Waals surface area contributed by atoms with Crippen molar-refractivity contribution < 1.29 is 4.79 Å². The molecule has 118 valence electrons. The zero-order valence-electron chi connectivity index (χ0n) is 13.6. The smallest absolute Gasteiger partial charge is 0.255 e. The van der Waals surface area contributed by atoms with Gasteiger partial charge in [0.15, 0.2) is 0 Å². The number of aryl methyl sites for hydroxylation is 1. The molecule has 2 N–H and O–H groups in total. The van der Waals surface area contributed by atoms with E-state index >= 15 is 0 Å². The number of hydrogen-bond donors (Lipinski definition) is 2. The molecule has 1 aromatic heterocycles. The van der Waals surface area contributed by atoms with Crippen molar-refractivity contribution in [2.75, 3.05) is 24.3 Å². The Morgan fingerprint density at radius 1 is 1.17 bits per heavy atom. The minimum absolute atomic E-state index is 0.128. The van der Waals surface area contributed by atoms with Gasteiger partial charge in [0.2, 0.25) is 0 Å². The minimum atomic E-state index is -0.128. The van der Waals surface area contributed by atoms with Gasteiger partial charge in [0.05, 0.1) is 11.0 Å². The van der Waals surface area contributed by atoms with Crippen molar-refractivity contribution in [1.82, 2.24) is 9.97 Å². The number of amides is 1. The third kappa shape index (κ3) is 3.18. The van der Waals surface area contributed by atoms with E-state index in [2.05, 4.69) is 15.3 Å². The Kier molecular flexibility index (Phi) is 4.02. The van der Waals surface area contributed by atoms with Gasteiger partial charge in [0, 0.05) is 37.5 Å². The van der Waals surface area contributed by atoms with Crippen molar-refractivity contribution in [3.63, 3.8) is 0 Å². The monoisotopic (exact) mass is 308 g/mol. The second-order valence-electron chi connectivity index (χ2n) is 5.66. The summed E-state index contributed by atoms with van der Waals surface area (Å²) in [5, 5.41) is 2.92. The normalized spacial score (nSPS) is 10.7. The molecule has 3 aromatic rings. The summed E-state index contributed by atoms with van der Waals surface area (Å²) in [5.74, 6) is 0.800. The summed E-state index contributed by atoms with van der Waals surface area (Å²) in [4.78, 5) is 22.1. The lowest BCUT2D eigenvalue weighted by molar-refractivity contribution is 0.102. The highest BCUT2D eigenvalue weighted by Gasteiger charge is 2.09. The van der Waals surface area contributed by atoms with Crippen LogP contribution in [-0.4, -0.2) is 30.0 Å². The van der Waals surface area contributed by atoms with Gasteiger partial charge in [-0.25, -0.2) is 4.98 Å². The van der Waals surface area contributed by atoms with Crippen LogP contribution in [0.25, 0.3) is 11.0 Å². The first kappa shape index (κ1) is 15.1. The number of fused-ring (bicyclic) bond motifs is 1. The van der Waals surface area contributed by atoms with E-state index in [4.69, 9.17) is 0 Å². The fraction of sp³-hybridized carbons (Fsp3) is 0.222. The Labute approximate surface area is 135 Å². The van der Waals surface area contributed by atoms with Crippen LogP contribution < -0.4 is 10.2 Å². The molecular formula is C18H20N4O. The average Bonchev–Trinajstić information content (AvgIpc) is 2.97. The fourth-order valence-electron chi connectivity index (χ4n) is 2.42. The van der Waals surface area contributed by atoms with Crippen LogP contribution in [0.5, 0.6) is 0 Å². The second-order valence-corrected chi connectivity index (χ2v) is 5.66. The molecule has 5 heteroatoms. The first-order valence-corrected chi connectivity index (χ1v) is 7.64. The van der Waals surface area contributed by atoms with Crippen LogP contribution in [0.4, 0.5) is 11.4 Å². The number of rotatable bonds is 4. The summed E-state index contributed by atoms with van der Waals surface area (Å²) in [6.07, 6.45) is 0.842. The summed E-state index contributed by atoms with van der Waals surface area (Å²) in [6, 6.07) is 13.3. The Bertz CT molecular complexity index is 834. The van der Waals surface area contributed by atoms with Gasteiger partial charge in [-0.2, -0.15) is 0 Å². The molecule has 0 saturated heterocycles. The first-order chi connectivity index (χ1) is 11.1. The molecule has 1 amide bonds. The molecule has 0 aliphatic heterocycles. The molecule has 3 rings (SSSR count). The molecule has 0 spiro atoms. The van der Waals surface area contributed by atoms with E-state index in [1.165, 1.54) is 0 Å². The van der Waals surface area contributed by atoms with Gasteiger partial charge in [-0.3, -0.25) is 4.79 Å². The van der Waals surface area contributed by atoms with Gasteiger partial charge in [0.25, 0.3) is 5.91 Å². The van der Waals surface area contributed by atoms with Crippen LogP contribution in [-0.2, 0) is 6.42 Å². The standard InChI is InChI=1S/C18H20N4O/c1-4-17-20-15-10-5-12(11-16(15)21-17)18(23)19-13-6-8-14(9-7-13)22(2)3/h5-11H,4H2,1-3H3,(H,19,23)(H,20,21). The zero-order chi connectivity index (χ0) is 16.4. The number of H-pyrrole nitrogens is 1. The highest BCUT2D eigenvalue weighted by Crippen LogP contribution is 2.18. The van der Waals surface area contributed by atoms with Crippen molar-refractivity contribution >= 4 is 28.3 Å². The number of nitrogens with zero attached hydrogens (tertiary/aromatic N) is 2. The predicted octanol–water partition coefficient (Wildman–Crippen LogP) is 3.44. The van der Waals surface area contributed by atoms with Gasteiger partial charge < -0.3 is 15.2 Å². The van der Waals surface area contributed by atoms with Gasteiger partial charge in [-0.05, 0) is 42.5 Å². The van der Waals surface area contributed by atoms with Crippen LogP contribution in [0.3, 0.4) is 0 Å². The van der Waals surface area contributed by atoms with Crippen LogP contribution in [0.2, 0.25) is 0 Å². The molecule has 0 atom stereocenters. The number of aromatic nitrogens is 2. The maximum Gasteiger partial charge on any atom is 0.255 e. The number of anilines is 2. The lowest BCUT2D eigenvalue weighted by Gasteiger charge is -2.13. The van der Waals surface area contributed by atoms with Gasteiger partial charge in [-0.1, -0.05) is 6.92 Å². The highest BCUT2D eigenvalue weighted by molar-refractivity contribution is 6.06. The fourth-order valence-corrected chi connectivity index (χ4v) is 2.42. The number of aromatic amines is 1. The van der Waals surface area contributed by atoms with E-state index in [0.29, 0.717) is 5.56 Å². The van der Waals surface area contributed by atoms with Crippen LogP contribution in [0, 0.1) is 0 Å². The number of imidazole rings is 1. The van der Waals surface area contributed by atoms with E-state index in [0.717, 1.165) is 34.7 Å². The van der Waals surface area contributed by atoms with Crippen molar-refractivity contribution in [2.45, 2.75) is 13.3 Å². The highest BCUT2D eigenvalue weighted by atomic mass is 16.1. The van der Waals surface area contributed by atoms with E-state index in [1.54, 1.807) is 6.07 Å². The van der Waals surface area contributed by atoms with Crippen molar-refractivity contribution in [1.29, 1.82) is 0 Å².